The second-order valence-corrected chi connectivity index (χ2v) is 5.15. The molecule has 0 fully saturated rings. The molecule has 1 rings (SSSR count). The molecule has 0 saturated carbocycles. The number of carbonyl (C=O) groups excluding carboxylic acids is 1. The summed E-state index contributed by atoms with van der Waals surface area (Å²) in [6.07, 6.45) is 4.93. The van der Waals surface area contributed by atoms with Crippen molar-refractivity contribution in [3.8, 4) is 0 Å². The molecule has 4 nitrogen and oxygen atoms in total. The second kappa shape index (κ2) is 7.37. The lowest BCUT2D eigenvalue weighted by molar-refractivity contribution is -0.120. The molecule has 1 unspecified atom stereocenters. The highest BCUT2D eigenvalue weighted by Gasteiger charge is 2.17. The average Bonchev–Trinajstić information content (AvgIpc) is 2.77. The number of carbonyl (C=O) groups is 1. The fourth-order valence-electron chi connectivity index (χ4n) is 1.63. The van der Waals surface area contributed by atoms with Gasteiger partial charge in [0.25, 0.3) is 0 Å². The van der Waals surface area contributed by atoms with E-state index in [2.05, 4.69) is 29.4 Å². The number of unbranched alkanes of at least 4 members (excludes halogenated alkanes) is 1. The van der Waals surface area contributed by atoms with Gasteiger partial charge < -0.3 is 5.32 Å². The van der Waals surface area contributed by atoms with Crippen LogP contribution in [0.3, 0.4) is 0 Å². The Kier molecular flexibility index (Phi) is 6.11. The van der Waals surface area contributed by atoms with Gasteiger partial charge in [-0.25, -0.2) is 0 Å². The lowest BCUT2D eigenvalue weighted by atomic mass is 9.99. The number of amides is 1. The molecule has 5 heteroatoms. The third-order valence-electron chi connectivity index (χ3n) is 2.77. The molecule has 0 bridgehead atoms. The number of hydrogen-bond donors (Lipinski definition) is 1. The molecule has 96 valence electrons. The van der Waals surface area contributed by atoms with Crippen molar-refractivity contribution in [1.29, 1.82) is 0 Å². The van der Waals surface area contributed by atoms with Crippen molar-refractivity contribution in [3.63, 3.8) is 0 Å². The standard InChI is InChI=1S/C12H21N3OS/c1-4-7-8-9(5-2)11(16)13-12-15-14-10(6-3)17-12/h9H,4-8H2,1-3H3,(H,13,15,16). The van der Waals surface area contributed by atoms with Crippen molar-refractivity contribution < 1.29 is 4.79 Å². The minimum atomic E-state index is 0.0831. The molecule has 1 heterocycles. The van der Waals surface area contributed by atoms with Gasteiger partial charge >= 0.3 is 0 Å². The Hall–Kier alpha value is -0.970. The van der Waals surface area contributed by atoms with Gasteiger partial charge in [0.05, 0.1) is 0 Å². The Morgan fingerprint density at radius 2 is 2.12 bits per heavy atom. The second-order valence-electron chi connectivity index (χ2n) is 4.09. The molecule has 17 heavy (non-hydrogen) atoms. The van der Waals surface area contributed by atoms with Gasteiger partial charge in [-0.15, -0.1) is 10.2 Å². The number of aromatic nitrogens is 2. The number of anilines is 1. The predicted molar refractivity (Wildman–Crippen MR) is 71.2 cm³/mol. The Bertz CT molecular complexity index is 351. The van der Waals surface area contributed by atoms with Crippen molar-refractivity contribution in [1.82, 2.24) is 10.2 Å². The molecular formula is C12H21N3OS. The van der Waals surface area contributed by atoms with Crippen LogP contribution in [0.5, 0.6) is 0 Å². The van der Waals surface area contributed by atoms with Gasteiger partial charge in [0, 0.05) is 5.92 Å². The van der Waals surface area contributed by atoms with Crippen molar-refractivity contribution in [2.45, 2.75) is 52.9 Å². The SMILES string of the molecule is CCCCC(CC)C(=O)Nc1nnc(CC)s1. The van der Waals surface area contributed by atoms with Crippen molar-refractivity contribution in [3.05, 3.63) is 5.01 Å². The summed E-state index contributed by atoms with van der Waals surface area (Å²) < 4.78 is 0. The van der Waals surface area contributed by atoms with Crippen LogP contribution in [0.1, 0.15) is 51.5 Å². The summed E-state index contributed by atoms with van der Waals surface area (Å²) >= 11 is 1.46. The van der Waals surface area contributed by atoms with Crippen LogP contribution in [0.25, 0.3) is 0 Å². The van der Waals surface area contributed by atoms with Crippen LogP contribution in [0.15, 0.2) is 0 Å². The monoisotopic (exact) mass is 255 g/mol. The normalized spacial score (nSPS) is 12.4. The topological polar surface area (TPSA) is 54.9 Å². The maximum absolute atomic E-state index is 12.0. The van der Waals surface area contributed by atoms with E-state index < -0.39 is 0 Å². The fraction of sp³-hybridized carbons (Fsp3) is 0.750. The minimum absolute atomic E-state index is 0.0831. The van der Waals surface area contributed by atoms with Gasteiger partial charge in [0.2, 0.25) is 11.0 Å². The van der Waals surface area contributed by atoms with Crippen LogP contribution >= 0.6 is 11.3 Å². The quantitative estimate of drug-likeness (QED) is 0.813. The van der Waals surface area contributed by atoms with Gasteiger partial charge in [0.1, 0.15) is 5.01 Å². The third-order valence-corrected chi connectivity index (χ3v) is 3.75. The van der Waals surface area contributed by atoms with Gasteiger partial charge in [-0.05, 0) is 19.3 Å². The van der Waals surface area contributed by atoms with Gasteiger partial charge in [-0.1, -0.05) is 44.9 Å². The van der Waals surface area contributed by atoms with E-state index in [0.29, 0.717) is 5.13 Å². The Balaban J connectivity index is 2.51. The van der Waals surface area contributed by atoms with Crippen LogP contribution in [0.2, 0.25) is 0 Å². The Labute approximate surface area is 107 Å². The molecular weight excluding hydrogens is 234 g/mol. The molecule has 1 atom stereocenters. The molecule has 1 aromatic heterocycles. The molecule has 0 aliphatic rings. The van der Waals surface area contributed by atoms with Crippen LogP contribution in [0.4, 0.5) is 5.13 Å². The van der Waals surface area contributed by atoms with E-state index in [9.17, 15) is 4.79 Å². The first-order chi connectivity index (χ1) is 8.21. The van der Waals surface area contributed by atoms with E-state index in [1.165, 1.54) is 11.3 Å². The summed E-state index contributed by atoms with van der Waals surface area (Å²) in [5, 5.41) is 12.4. The highest BCUT2D eigenvalue weighted by Crippen LogP contribution is 2.19. The molecule has 0 aliphatic carbocycles. The third kappa shape index (κ3) is 4.42. The summed E-state index contributed by atoms with van der Waals surface area (Å²) in [4.78, 5) is 12.0. The summed E-state index contributed by atoms with van der Waals surface area (Å²) in [5.74, 6) is 0.184. The highest BCUT2D eigenvalue weighted by molar-refractivity contribution is 7.15. The van der Waals surface area contributed by atoms with Crippen LogP contribution in [-0.2, 0) is 11.2 Å². The van der Waals surface area contributed by atoms with E-state index in [4.69, 9.17) is 0 Å². The first-order valence-corrected chi connectivity index (χ1v) is 7.16. The summed E-state index contributed by atoms with van der Waals surface area (Å²) in [5.41, 5.74) is 0. The average molecular weight is 255 g/mol. The minimum Gasteiger partial charge on any atom is -0.300 e. The molecule has 1 N–H and O–H groups in total. The molecule has 0 radical (unpaired) electrons. The molecule has 1 amide bonds. The fourth-order valence-corrected chi connectivity index (χ4v) is 2.31. The van der Waals surface area contributed by atoms with Crippen molar-refractivity contribution in [2.24, 2.45) is 5.92 Å². The van der Waals surface area contributed by atoms with E-state index in [1.54, 1.807) is 0 Å². The molecule has 1 aromatic rings. The zero-order chi connectivity index (χ0) is 12.7. The zero-order valence-electron chi connectivity index (χ0n) is 10.8. The highest BCUT2D eigenvalue weighted by atomic mass is 32.1. The van der Waals surface area contributed by atoms with Crippen LogP contribution in [0, 0.1) is 5.92 Å². The molecule has 0 spiro atoms. The number of nitrogens with zero attached hydrogens (tertiary/aromatic N) is 2. The maximum Gasteiger partial charge on any atom is 0.229 e. The van der Waals surface area contributed by atoms with Crippen molar-refractivity contribution >= 4 is 22.4 Å². The molecule has 0 aromatic carbocycles. The van der Waals surface area contributed by atoms with Crippen molar-refractivity contribution in [2.75, 3.05) is 5.32 Å². The Morgan fingerprint density at radius 3 is 2.65 bits per heavy atom. The number of rotatable bonds is 7. The lowest BCUT2D eigenvalue weighted by Gasteiger charge is -2.12. The summed E-state index contributed by atoms with van der Waals surface area (Å²) in [6, 6.07) is 0. The zero-order valence-corrected chi connectivity index (χ0v) is 11.6. The number of aryl methyl sites for hydroxylation is 1. The largest absolute Gasteiger partial charge is 0.300 e. The first kappa shape index (κ1) is 14.1. The number of hydrogen-bond acceptors (Lipinski definition) is 4. The Morgan fingerprint density at radius 1 is 1.35 bits per heavy atom. The smallest absolute Gasteiger partial charge is 0.229 e. The first-order valence-electron chi connectivity index (χ1n) is 6.34. The summed E-state index contributed by atoms with van der Waals surface area (Å²) in [7, 11) is 0. The summed E-state index contributed by atoms with van der Waals surface area (Å²) in [6.45, 7) is 6.22. The van der Waals surface area contributed by atoms with Gasteiger partial charge in [-0.2, -0.15) is 0 Å². The maximum atomic E-state index is 12.0. The van der Waals surface area contributed by atoms with E-state index in [1.807, 2.05) is 6.92 Å². The molecule has 0 aliphatic heterocycles. The van der Waals surface area contributed by atoms with Crippen LogP contribution < -0.4 is 5.32 Å². The molecule has 0 saturated heterocycles. The van der Waals surface area contributed by atoms with E-state index in [0.717, 1.165) is 37.1 Å². The number of nitrogens with one attached hydrogen (secondary N) is 1. The van der Waals surface area contributed by atoms with Crippen LogP contribution in [-0.4, -0.2) is 16.1 Å². The van der Waals surface area contributed by atoms with E-state index in [-0.39, 0.29) is 11.8 Å². The lowest BCUT2D eigenvalue weighted by Crippen LogP contribution is -2.22. The van der Waals surface area contributed by atoms with Gasteiger partial charge in [-0.3, -0.25) is 4.79 Å². The van der Waals surface area contributed by atoms with Gasteiger partial charge in [0.15, 0.2) is 0 Å². The van der Waals surface area contributed by atoms with E-state index >= 15 is 0 Å². The predicted octanol–water partition coefficient (Wildman–Crippen LogP) is 3.26.